The zero-order chi connectivity index (χ0) is 44.7. The van der Waals surface area contributed by atoms with E-state index in [2.05, 4.69) is 14.2 Å². The summed E-state index contributed by atoms with van der Waals surface area (Å²) in [6.45, 7) is 21.3. The fourth-order valence-electron chi connectivity index (χ4n) is 2.10. The smallest absolute Gasteiger partial charge is 0.305 e. The number of halogens is 1. The number of aliphatic hydroxyl groups is 1. The minimum atomic E-state index is -2.67. The number of aliphatic carboxylic acids is 1. The molecule has 54 heavy (non-hydrogen) atoms. The fourth-order valence-corrected chi connectivity index (χ4v) is 2.84. The number of Topliss-reactive ketones (excluding diaryl/α,β-unsaturated/α-hetero) is 1. The molecule has 0 radical (unpaired) electrons. The molecule has 0 aromatic heterocycles. The maximum absolute atomic E-state index is 10.7. The highest BCUT2D eigenvalue weighted by atomic mass is 32.2. The molecule has 0 aliphatic rings. The van der Waals surface area contributed by atoms with Crippen LogP contribution in [0, 0.1) is 11.3 Å². The number of unbranched alkanes of at least 4 members (excludes halogenated alkanes) is 1. The van der Waals surface area contributed by atoms with Crippen molar-refractivity contribution in [2.45, 2.75) is 172 Å². The summed E-state index contributed by atoms with van der Waals surface area (Å²) in [5.74, 6) is -0.442. The normalized spacial score (nSPS) is 8.50. The molecule has 0 rings (SSSR count). The third kappa shape index (κ3) is 155. The highest BCUT2D eigenvalue weighted by Crippen LogP contribution is 1.90. The fraction of sp³-hybridized carbons (Fsp3) is 0.846. The van der Waals surface area contributed by atoms with E-state index in [1.165, 1.54) is 20.5 Å². The standard InChI is InChI=1S/C6H12O2.2C5H10O2.C5H10O.C4H7N.C4H10O2S.C4H8O2.C3H7F.C3H8O/c1-3-5-6(7)8-4-2;2*1-3-4-5(6)7-2;1-3-4-5(2)6;1-2-3-4-5;1-3-4-7(2,5)6;1-2-3-4(5)6;2*1-2-3-4/h3-5H2,1-2H3;2*3-4H2,1-2H3;3-4H2,1-2H3;2-3H2,1H3;3-4H2,1-2H3;2-3H2,1H3,(H,5,6);2-3H2,1H3;4H,2-3H2,1H3. The monoisotopic (exact) mass is 808 g/mol. The van der Waals surface area contributed by atoms with Crippen molar-refractivity contribution in [3.63, 3.8) is 0 Å². The Labute approximate surface area is 330 Å². The van der Waals surface area contributed by atoms with Gasteiger partial charge in [0.1, 0.15) is 15.6 Å². The van der Waals surface area contributed by atoms with Gasteiger partial charge in [-0.1, -0.05) is 62.3 Å². The van der Waals surface area contributed by atoms with Crippen LogP contribution in [0.5, 0.6) is 0 Å². The first-order valence-corrected chi connectivity index (χ1v) is 21.1. The second kappa shape index (κ2) is 71.3. The van der Waals surface area contributed by atoms with Crippen LogP contribution in [0.1, 0.15) is 172 Å². The van der Waals surface area contributed by atoms with Crippen molar-refractivity contribution in [3.8, 4) is 6.07 Å². The van der Waals surface area contributed by atoms with Crippen molar-refractivity contribution in [3.05, 3.63) is 0 Å². The number of nitrogens with zero attached hydrogens (tertiary/aromatic N) is 1. The number of hydrogen-bond donors (Lipinski definition) is 2. The van der Waals surface area contributed by atoms with Crippen LogP contribution in [0.25, 0.3) is 0 Å². The molecule has 0 unspecified atom stereocenters. The summed E-state index contributed by atoms with van der Waals surface area (Å²) in [5, 5.41) is 23.6. The number of aliphatic hydroxyl groups excluding tert-OH is 1. The lowest BCUT2D eigenvalue weighted by Gasteiger charge is -1.96. The highest BCUT2D eigenvalue weighted by Gasteiger charge is 1.96. The van der Waals surface area contributed by atoms with Crippen LogP contribution in [0.3, 0.4) is 0 Å². The van der Waals surface area contributed by atoms with E-state index in [0.29, 0.717) is 57.5 Å². The van der Waals surface area contributed by atoms with Gasteiger partial charge in [-0.15, -0.1) is 0 Å². The van der Waals surface area contributed by atoms with Gasteiger partial charge in [0.05, 0.1) is 33.6 Å². The predicted octanol–water partition coefficient (Wildman–Crippen LogP) is 9.02. The van der Waals surface area contributed by atoms with Crippen molar-refractivity contribution < 1.29 is 61.2 Å². The van der Waals surface area contributed by atoms with Crippen molar-refractivity contribution in [2.75, 3.05) is 46.1 Å². The number of carboxylic acid groups (broad SMARTS) is 1. The maximum Gasteiger partial charge on any atom is 0.305 e. The van der Waals surface area contributed by atoms with E-state index in [0.717, 1.165) is 57.8 Å². The van der Waals surface area contributed by atoms with Gasteiger partial charge in [-0.3, -0.25) is 23.6 Å². The van der Waals surface area contributed by atoms with E-state index in [9.17, 15) is 36.8 Å². The van der Waals surface area contributed by atoms with Gasteiger partial charge in [0.2, 0.25) is 0 Å². The van der Waals surface area contributed by atoms with Crippen molar-refractivity contribution in [1.29, 1.82) is 5.26 Å². The van der Waals surface area contributed by atoms with Crippen molar-refractivity contribution >= 4 is 39.5 Å². The molecule has 0 bridgehead atoms. The van der Waals surface area contributed by atoms with Gasteiger partial charge >= 0.3 is 23.9 Å². The third-order valence-corrected chi connectivity index (χ3v) is 5.69. The number of esters is 3. The molecule has 0 aromatic carbocycles. The molecule has 13 nitrogen and oxygen atoms in total. The number of hydrogen-bond acceptors (Lipinski definition) is 12. The summed E-state index contributed by atoms with van der Waals surface area (Å²) in [7, 11) is 0.127. The Morgan fingerprint density at radius 1 is 0.630 bits per heavy atom. The molecular formula is C39H82FNO12S. The number of carboxylic acids is 1. The Balaban J connectivity index is -0.0000000608. The largest absolute Gasteiger partial charge is 0.481 e. The Bertz CT molecular complexity index is 860. The lowest BCUT2D eigenvalue weighted by molar-refractivity contribution is -0.143. The highest BCUT2D eigenvalue weighted by molar-refractivity contribution is 7.90. The molecule has 0 aromatic rings. The molecule has 328 valence electrons. The van der Waals surface area contributed by atoms with Crippen LogP contribution in [-0.2, 0) is 48.0 Å². The Morgan fingerprint density at radius 3 is 1.06 bits per heavy atom. The summed E-state index contributed by atoms with van der Waals surface area (Å²) >= 11 is 0. The van der Waals surface area contributed by atoms with Crippen LogP contribution in [0.4, 0.5) is 4.39 Å². The molecule has 0 saturated carbocycles. The van der Waals surface area contributed by atoms with E-state index in [1.54, 1.807) is 13.8 Å². The number of rotatable bonds is 16. The number of alkyl halides is 1. The Hall–Kier alpha value is -3.12. The predicted molar refractivity (Wildman–Crippen MR) is 218 cm³/mol. The second-order valence-corrected chi connectivity index (χ2v) is 13.0. The molecule has 0 aliphatic heterocycles. The number of nitriles is 1. The first-order valence-electron chi connectivity index (χ1n) is 19.0. The summed E-state index contributed by atoms with van der Waals surface area (Å²) in [6, 6.07) is 2.02. The zero-order valence-electron chi connectivity index (χ0n) is 36.6. The molecule has 0 saturated heterocycles. The number of ketones is 1. The van der Waals surface area contributed by atoms with Crippen LogP contribution >= 0.6 is 0 Å². The number of carbonyl (C=O) groups is 5. The topological polar surface area (TPSA) is 211 Å². The van der Waals surface area contributed by atoms with E-state index in [1.807, 2.05) is 68.4 Å². The van der Waals surface area contributed by atoms with E-state index < -0.39 is 15.8 Å². The van der Waals surface area contributed by atoms with Crippen molar-refractivity contribution in [2.24, 2.45) is 0 Å². The van der Waals surface area contributed by atoms with Crippen LogP contribution in [0.15, 0.2) is 0 Å². The van der Waals surface area contributed by atoms with Gasteiger partial charge in [0, 0.05) is 57.1 Å². The summed E-state index contributed by atoms with van der Waals surface area (Å²) < 4.78 is 44.5. The van der Waals surface area contributed by atoms with Crippen LogP contribution in [-0.4, -0.2) is 94.4 Å². The zero-order valence-corrected chi connectivity index (χ0v) is 37.5. The van der Waals surface area contributed by atoms with Gasteiger partial charge in [-0.05, 0) is 71.6 Å². The number of ether oxygens (including phenoxy) is 3. The number of carbonyl (C=O) groups excluding carboxylic acids is 4. The van der Waals surface area contributed by atoms with Gasteiger partial charge in [-0.2, -0.15) is 5.26 Å². The first kappa shape index (κ1) is 72.2. The average molecular weight is 808 g/mol. The maximum atomic E-state index is 10.7. The van der Waals surface area contributed by atoms with E-state index >= 15 is 0 Å². The minimum Gasteiger partial charge on any atom is -0.481 e. The third-order valence-electron chi connectivity index (χ3n) is 4.54. The molecule has 2 N–H and O–H groups in total. The Kier molecular flexibility index (Phi) is 95.3. The average Bonchev–Trinajstić information content (AvgIpc) is 3.10. The molecule has 0 fully saturated rings. The molecule has 0 spiro atoms. The molecule has 0 aliphatic carbocycles. The second-order valence-electron chi connectivity index (χ2n) is 10.8. The van der Waals surface area contributed by atoms with E-state index in [4.69, 9.17) is 15.5 Å². The van der Waals surface area contributed by atoms with Gasteiger partial charge in [0.25, 0.3) is 0 Å². The Morgan fingerprint density at radius 2 is 0.981 bits per heavy atom. The first-order chi connectivity index (χ1) is 25.3. The number of sulfone groups is 1. The minimum absolute atomic E-state index is 0.0880. The summed E-state index contributed by atoms with van der Waals surface area (Å²) in [6.07, 6.45) is 12.1. The van der Waals surface area contributed by atoms with Crippen molar-refractivity contribution in [1.82, 2.24) is 0 Å². The molecule has 0 atom stereocenters. The molecular weight excluding hydrogens is 725 g/mol. The lowest BCUT2D eigenvalue weighted by Crippen LogP contribution is -2.01. The van der Waals surface area contributed by atoms with E-state index in [-0.39, 0.29) is 30.4 Å². The number of methoxy groups -OCH3 is 2. The SMILES string of the molecule is CCCC#N.CCCC(=O)O.CCCC(=O)OC.CCCC(=O)OC.CCCC(=O)OCC.CCCC(C)=O.CCCF.CCCO.CCCS(C)(=O)=O. The van der Waals surface area contributed by atoms with Gasteiger partial charge in [0.15, 0.2) is 0 Å². The van der Waals surface area contributed by atoms with Gasteiger partial charge < -0.3 is 29.2 Å². The van der Waals surface area contributed by atoms with Gasteiger partial charge in [-0.25, -0.2) is 8.42 Å². The summed E-state index contributed by atoms with van der Waals surface area (Å²) in [5.41, 5.74) is 0. The molecule has 0 heterocycles. The quantitative estimate of drug-likeness (QED) is 0.110. The molecule has 0 amide bonds. The van der Waals surface area contributed by atoms with Crippen LogP contribution < -0.4 is 0 Å². The lowest BCUT2D eigenvalue weighted by atomic mass is 10.3. The van der Waals surface area contributed by atoms with Crippen LogP contribution in [0.2, 0.25) is 0 Å². The molecule has 15 heteroatoms. The summed E-state index contributed by atoms with van der Waals surface area (Å²) in [4.78, 5) is 50.4.